The molecule has 0 amide bonds. The molecule has 2 aromatic rings. The summed E-state index contributed by atoms with van der Waals surface area (Å²) in [5.74, 6) is 1.27. The lowest BCUT2D eigenvalue weighted by atomic mass is 10.3. The van der Waals surface area contributed by atoms with Gasteiger partial charge in [-0.3, -0.25) is 0 Å². The van der Waals surface area contributed by atoms with E-state index in [1.54, 1.807) is 6.20 Å². The molecule has 1 heterocycles. The van der Waals surface area contributed by atoms with Gasteiger partial charge in [0.2, 0.25) is 5.95 Å². The number of aromatic nitrogens is 2. The molecule has 0 spiro atoms. The van der Waals surface area contributed by atoms with Gasteiger partial charge in [0.25, 0.3) is 0 Å². The van der Waals surface area contributed by atoms with Crippen molar-refractivity contribution in [2.45, 2.75) is 6.92 Å². The zero-order valence-electron chi connectivity index (χ0n) is 10.0. The van der Waals surface area contributed by atoms with E-state index in [0.717, 1.165) is 21.2 Å². The standard InChI is InChI=1S/C12H11Br2ClN4/c1-2-16-12-17-6-9(14)11(19-12)18-10-4-3-7(15)5-8(10)13/h3-6H,2H2,1H3,(H2,16,17,18,19). The first-order valence-corrected chi connectivity index (χ1v) is 7.55. The van der Waals surface area contributed by atoms with Crippen LogP contribution in [0.3, 0.4) is 0 Å². The fraction of sp³-hybridized carbons (Fsp3) is 0.167. The zero-order valence-corrected chi connectivity index (χ0v) is 14.0. The van der Waals surface area contributed by atoms with E-state index in [9.17, 15) is 0 Å². The van der Waals surface area contributed by atoms with Crippen LogP contribution in [-0.2, 0) is 0 Å². The number of rotatable bonds is 4. The van der Waals surface area contributed by atoms with Gasteiger partial charge in [-0.2, -0.15) is 4.98 Å². The van der Waals surface area contributed by atoms with Gasteiger partial charge in [-0.15, -0.1) is 0 Å². The van der Waals surface area contributed by atoms with Crippen molar-refractivity contribution in [3.63, 3.8) is 0 Å². The normalized spacial score (nSPS) is 10.3. The molecule has 0 saturated heterocycles. The molecule has 2 N–H and O–H groups in total. The van der Waals surface area contributed by atoms with E-state index >= 15 is 0 Å². The first kappa shape index (κ1) is 14.6. The molecule has 0 aliphatic heterocycles. The first-order chi connectivity index (χ1) is 9.10. The van der Waals surface area contributed by atoms with E-state index in [-0.39, 0.29) is 0 Å². The van der Waals surface area contributed by atoms with Crippen LogP contribution in [0.1, 0.15) is 6.92 Å². The van der Waals surface area contributed by atoms with Crippen LogP contribution in [-0.4, -0.2) is 16.5 Å². The Labute approximate surface area is 133 Å². The highest BCUT2D eigenvalue weighted by Crippen LogP contribution is 2.30. The molecule has 0 aliphatic carbocycles. The quantitative estimate of drug-likeness (QED) is 0.764. The number of halogens is 3. The molecule has 0 radical (unpaired) electrons. The average molecular weight is 407 g/mol. The van der Waals surface area contributed by atoms with Crippen LogP contribution in [0.5, 0.6) is 0 Å². The molecule has 2 rings (SSSR count). The molecular weight excluding hydrogens is 395 g/mol. The molecule has 19 heavy (non-hydrogen) atoms. The third-order valence-corrected chi connectivity index (χ3v) is 3.73. The number of nitrogens with zero attached hydrogens (tertiary/aromatic N) is 2. The monoisotopic (exact) mass is 404 g/mol. The van der Waals surface area contributed by atoms with Gasteiger partial charge in [-0.1, -0.05) is 11.6 Å². The minimum atomic E-state index is 0.582. The Hall–Kier alpha value is -0.850. The second-order valence-corrected chi connectivity index (χ2v) is 5.81. The maximum absolute atomic E-state index is 5.92. The van der Waals surface area contributed by atoms with E-state index < -0.39 is 0 Å². The molecule has 7 heteroatoms. The summed E-state index contributed by atoms with van der Waals surface area (Å²) in [6.45, 7) is 2.76. The molecule has 1 aromatic heterocycles. The highest BCUT2D eigenvalue weighted by molar-refractivity contribution is 9.11. The Bertz CT molecular complexity index is 592. The van der Waals surface area contributed by atoms with Gasteiger partial charge in [0, 0.05) is 22.2 Å². The Morgan fingerprint density at radius 3 is 2.74 bits per heavy atom. The van der Waals surface area contributed by atoms with Gasteiger partial charge in [-0.25, -0.2) is 4.98 Å². The minimum Gasteiger partial charge on any atom is -0.354 e. The summed E-state index contributed by atoms with van der Waals surface area (Å²) >= 11 is 12.8. The fourth-order valence-corrected chi connectivity index (χ4v) is 2.49. The van der Waals surface area contributed by atoms with Crippen LogP contribution in [0.4, 0.5) is 17.5 Å². The molecule has 4 nitrogen and oxygen atoms in total. The van der Waals surface area contributed by atoms with Crippen LogP contribution in [0, 0.1) is 0 Å². The Balaban J connectivity index is 2.29. The highest BCUT2D eigenvalue weighted by atomic mass is 79.9. The number of anilines is 3. The van der Waals surface area contributed by atoms with E-state index in [0.29, 0.717) is 16.8 Å². The van der Waals surface area contributed by atoms with Crippen molar-refractivity contribution in [1.29, 1.82) is 0 Å². The van der Waals surface area contributed by atoms with Crippen molar-refractivity contribution in [3.05, 3.63) is 38.4 Å². The third-order valence-electron chi connectivity index (χ3n) is 2.26. The second-order valence-electron chi connectivity index (χ2n) is 3.67. The molecule has 100 valence electrons. The van der Waals surface area contributed by atoms with Crippen molar-refractivity contribution < 1.29 is 0 Å². The SMILES string of the molecule is CCNc1ncc(Br)c(Nc2ccc(Cl)cc2Br)n1. The van der Waals surface area contributed by atoms with E-state index in [4.69, 9.17) is 11.6 Å². The lowest BCUT2D eigenvalue weighted by molar-refractivity contribution is 1.08. The van der Waals surface area contributed by atoms with Gasteiger partial charge >= 0.3 is 0 Å². The van der Waals surface area contributed by atoms with Crippen molar-refractivity contribution in [3.8, 4) is 0 Å². The molecule has 0 bridgehead atoms. The summed E-state index contributed by atoms with van der Waals surface area (Å²) in [5, 5.41) is 6.97. The van der Waals surface area contributed by atoms with Crippen LogP contribution >= 0.6 is 43.5 Å². The Kier molecular flexibility index (Phi) is 5.01. The van der Waals surface area contributed by atoms with Gasteiger partial charge in [0.05, 0.1) is 10.2 Å². The first-order valence-electron chi connectivity index (χ1n) is 5.58. The molecule has 1 aromatic carbocycles. The number of hydrogen-bond acceptors (Lipinski definition) is 4. The maximum Gasteiger partial charge on any atom is 0.224 e. The van der Waals surface area contributed by atoms with Gasteiger partial charge < -0.3 is 10.6 Å². The molecule has 0 atom stereocenters. The summed E-state index contributed by atoms with van der Waals surface area (Å²) in [6, 6.07) is 5.52. The number of nitrogens with one attached hydrogen (secondary N) is 2. The second kappa shape index (κ2) is 6.54. The van der Waals surface area contributed by atoms with Crippen LogP contribution < -0.4 is 10.6 Å². The largest absolute Gasteiger partial charge is 0.354 e. The van der Waals surface area contributed by atoms with E-state index in [2.05, 4.69) is 52.5 Å². The van der Waals surface area contributed by atoms with Crippen molar-refractivity contribution in [2.24, 2.45) is 0 Å². The topological polar surface area (TPSA) is 49.8 Å². The third kappa shape index (κ3) is 3.81. The predicted octanol–water partition coefficient (Wildman–Crippen LogP) is 4.83. The van der Waals surface area contributed by atoms with E-state index in [1.807, 2.05) is 25.1 Å². The number of hydrogen-bond donors (Lipinski definition) is 2. The van der Waals surface area contributed by atoms with Crippen LogP contribution in [0.15, 0.2) is 33.3 Å². The lowest BCUT2D eigenvalue weighted by Gasteiger charge is -2.11. The summed E-state index contributed by atoms with van der Waals surface area (Å²) in [4.78, 5) is 8.55. The smallest absolute Gasteiger partial charge is 0.224 e. The van der Waals surface area contributed by atoms with Crippen molar-refractivity contribution in [2.75, 3.05) is 17.2 Å². The molecule has 0 fully saturated rings. The highest BCUT2D eigenvalue weighted by Gasteiger charge is 2.07. The maximum atomic E-state index is 5.92. The number of benzene rings is 1. The van der Waals surface area contributed by atoms with Gasteiger partial charge in [-0.05, 0) is 57.0 Å². The zero-order chi connectivity index (χ0) is 13.8. The lowest BCUT2D eigenvalue weighted by Crippen LogP contribution is -2.04. The fourth-order valence-electron chi connectivity index (χ4n) is 1.42. The minimum absolute atomic E-state index is 0.582. The summed E-state index contributed by atoms with van der Waals surface area (Å²) in [6.07, 6.45) is 1.71. The summed E-state index contributed by atoms with van der Waals surface area (Å²) in [7, 11) is 0. The molecule has 0 aliphatic rings. The predicted molar refractivity (Wildman–Crippen MR) is 86.3 cm³/mol. The van der Waals surface area contributed by atoms with Crippen LogP contribution in [0.2, 0.25) is 5.02 Å². The average Bonchev–Trinajstić information content (AvgIpc) is 2.37. The van der Waals surface area contributed by atoms with Gasteiger partial charge in [0.1, 0.15) is 5.82 Å². The van der Waals surface area contributed by atoms with Crippen molar-refractivity contribution in [1.82, 2.24) is 9.97 Å². The Morgan fingerprint density at radius 2 is 2.05 bits per heavy atom. The van der Waals surface area contributed by atoms with Crippen molar-refractivity contribution >= 4 is 60.9 Å². The molecule has 0 unspecified atom stereocenters. The molecule has 0 saturated carbocycles. The van der Waals surface area contributed by atoms with E-state index in [1.165, 1.54) is 0 Å². The summed E-state index contributed by atoms with van der Waals surface area (Å²) < 4.78 is 1.66. The summed E-state index contributed by atoms with van der Waals surface area (Å²) in [5.41, 5.74) is 0.881. The molecular formula is C12H11Br2ClN4. The Morgan fingerprint density at radius 1 is 1.26 bits per heavy atom. The van der Waals surface area contributed by atoms with Crippen LogP contribution in [0.25, 0.3) is 0 Å². The van der Waals surface area contributed by atoms with Gasteiger partial charge in [0.15, 0.2) is 0 Å².